The third-order valence-electron chi connectivity index (χ3n) is 4.75. The molecule has 2 N–H and O–H groups in total. The summed E-state index contributed by atoms with van der Waals surface area (Å²) in [7, 11) is 0. The van der Waals surface area contributed by atoms with Gasteiger partial charge in [-0.05, 0) is 36.4 Å². The molecule has 1 aromatic carbocycles. The van der Waals surface area contributed by atoms with Gasteiger partial charge in [-0.15, -0.1) is 0 Å². The lowest BCUT2D eigenvalue weighted by Crippen LogP contribution is -2.23. The van der Waals surface area contributed by atoms with Gasteiger partial charge in [0.15, 0.2) is 5.65 Å². The number of nitrogens with zero attached hydrogens (tertiary/aromatic N) is 4. The van der Waals surface area contributed by atoms with Crippen molar-refractivity contribution in [1.82, 2.24) is 30.5 Å². The molecule has 4 heterocycles. The van der Waals surface area contributed by atoms with Gasteiger partial charge >= 0.3 is 0 Å². The van der Waals surface area contributed by atoms with Crippen LogP contribution in [0.15, 0.2) is 73.2 Å². The third-order valence-corrected chi connectivity index (χ3v) is 4.75. The van der Waals surface area contributed by atoms with E-state index in [1.165, 1.54) is 0 Å². The maximum Gasteiger partial charge on any atom is 0.252 e. The summed E-state index contributed by atoms with van der Waals surface area (Å²) in [4.78, 5) is 26.1. The number of hydrogen-bond acceptors (Lipinski definition) is 5. The molecule has 0 saturated heterocycles. The summed E-state index contributed by atoms with van der Waals surface area (Å²) < 4.78 is 0. The molecule has 4 aromatic heterocycles. The first-order valence-electron chi connectivity index (χ1n) is 9.16. The Morgan fingerprint density at radius 2 is 1.86 bits per heavy atom. The number of rotatable bonds is 4. The van der Waals surface area contributed by atoms with Crippen LogP contribution in [0.2, 0.25) is 0 Å². The van der Waals surface area contributed by atoms with Crippen LogP contribution < -0.4 is 5.32 Å². The normalized spacial score (nSPS) is 11.0. The van der Waals surface area contributed by atoms with Gasteiger partial charge in [-0.3, -0.25) is 14.9 Å². The highest BCUT2D eigenvalue weighted by Gasteiger charge is 2.15. The van der Waals surface area contributed by atoms with Crippen LogP contribution in [0.4, 0.5) is 0 Å². The zero-order valence-electron chi connectivity index (χ0n) is 15.3. The second-order valence-corrected chi connectivity index (χ2v) is 6.57. The molecule has 0 aliphatic heterocycles. The van der Waals surface area contributed by atoms with Crippen LogP contribution in [0.25, 0.3) is 33.2 Å². The molecule has 140 valence electrons. The van der Waals surface area contributed by atoms with E-state index in [4.69, 9.17) is 4.98 Å². The number of aromatic amines is 1. The van der Waals surface area contributed by atoms with Crippen molar-refractivity contribution in [1.29, 1.82) is 0 Å². The minimum atomic E-state index is -0.180. The second kappa shape index (κ2) is 7.12. The van der Waals surface area contributed by atoms with Crippen LogP contribution in [0.3, 0.4) is 0 Å². The fourth-order valence-corrected chi connectivity index (χ4v) is 3.33. The molecule has 5 rings (SSSR count). The zero-order chi connectivity index (χ0) is 19.6. The average molecular weight is 380 g/mol. The highest BCUT2D eigenvalue weighted by Crippen LogP contribution is 2.24. The second-order valence-electron chi connectivity index (χ2n) is 6.57. The maximum absolute atomic E-state index is 13.1. The molecule has 7 heteroatoms. The Balaban J connectivity index is 1.50. The fourth-order valence-electron chi connectivity index (χ4n) is 3.33. The molecule has 5 aromatic rings. The molecule has 0 radical (unpaired) electrons. The molecule has 0 aliphatic carbocycles. The highest BCUT2D eigenvalue weighted by molar-refractivity contribution is 6.07. The number of benzene rings is 1. The number of carbonyl (C=O) groups is 1. The Kier molecular flexibility index (Phi) is 4.18. The number of amides is 1. The van der Waals surface area contributed by atoms with Gasteiger partial charge in [-0.25, -0.2) is 9.97 Å². The Bertz CT molecular complexity index is 1330. The van der Waals surface area contributed by atoms with E-state index in [0.29, 0.717) is 23.4 Å². The van der Waals surface area contributed by atoms with E-state index in [1.807, 2.05) is 48.5 Å². The quantitative estimate of drug-likeness (QED) is 0.497. The SMILES string of the molecule is O=C(NCc1[nH]nc2ncccc12)c1cc(-c2cccnc2)nc2ccccc12. The molecular weight excluding hydrogens is 364 g/mol. The summed E-state index contributed by atoms with van der Waals surface area (Å²) in [5.74, 6) is -0.180. The van der Waals surface area contributed by atoms with Gasteiger partial charge in [0.2, 0.25) is 0 Å². The van der Waals surface area contributed by atoms with Crippen LogP contribution >= 0.6 is 0 Å². The van der Waals surface area contributed by atoms with Crippen molar-refractivity contribution in [2.24, 2.45) is 0 Å². The Hall–Kier alpha value is -4.13. The average Bonchev–Trinajstić information content (AvgIpc) is 3.20. The van der Waals surface area contributed by atoms with Gasteiger partial charge in [-0.1, -0.05) is 18.2 Å². The van der Waals surface area contributed by atoms with Crippen molar-refractivity contribution < 1.29 is 4.79 Å². The smallest absolute Gasteiger partial charge is 0.252 e. The molecule has 0 aliphatic rings. The highest BCUT2D eigenvalue weighted by atomic mass is 16.1. The number of nitrogens with one attached hydrogen (secondary N) is 2. The van der Waals surface area contributed by atoms with Crippen molar-refractivity contribution in [2.45, 2.75) is 6.54 Å². The first-order chi connectivity index (χ1) is 14.3. The molecule has 0 bridgehead atoms. The fraction of sp³-hybridized carbons (Fsp3) is 0.0455. The van der Waals surface area contributed by atoms with Crippen molar-refractivity contribution in [2.75, 3.05) is 0 Å². The van der Waals surface area contributed by atoms with E-state index in [0.717, 1.165) is 27.5 Å². The molecule has 0 saturated carbocycles. The molecule has 0 spiro atoms. The maximum atomic E-state index is 13.1. The summed E-state index contributed by atoms with van der Waals surface area (Å²) in [5, 5.41) is 11.8. The number of hydrogen-bond donors (Lipinski definition) is 2. The Morgan fingerprint density at radius 3 is 2.76 bits per heavy atom. The number of para-hydroxylation sites is 1. The number of aromatic nitrogens is 5. The molecular formula is C22H16N6O. The molecule has 0 unspecified atom stereocenters. The lowest BCUT2D eigenvalue weighted by molar-refractivity contribution is 0.0952. The van der Waals surface area contributed by atoms with Crippen molar-refractivity contribution >= 4 is 27.8 Å². The van der Waals surface area contributed by atoms with E-state index in [-0.39, 0.29) is 5.91 Å². The first kappa shape index (κ1) is 17.0. The lowest BCUT2D eigenvalue weighted by Gasteiger charge is -2.10. The third kappa shape index (κ3) is 3.19. The zero-order valence-corrected chi connectivity index (χ0v) is 15.3. The molecule has 7 nitrogen and oxygen atoms in total. The summed E-state index contributed by atoms with van der Waals surface area (Å²) in [6.07, 6.45) is 5.14. The van der Waals surface area contributed by atoms with Gasteiger partial charge in [0.05, 0.1) is 29.0 Å². The minimum Gasteiger partial charge on any atom is -0.346 e. The number of fused-ring (bicyclic) bond motifs is 2. The monoisotopic (exact) mass is 380 g/mol. The topological polar surface area (TPSA) is 96.5 Å². The van der Waals surface area contributed by atoms with Gasteiger partial charge < -0.3 is 5.32 Å². The Labute approximate surface area is 165 Å². The van der Waals surface area contributed by atoms with E-state index >= 15 is 0 Å². The predicted octanol–water partition coefficient (Wildman–Crippen LogP) is 3.50. The summed E-state index contributed by atoms with van der Waals surface area (Å²) in [6.45, 7) is 0.319. The van der Waals surface area contributed by atoms with E-state index in [1.54, 1.807) is 24.7 Å². The van der Waals surface area contributed by atoms with Crippen LogP contribution in [0.5, 0.6) is 0 Å². The summed E-state index contributed by atoms with van der Waals surface area (Å²) >= 11 is 0. The van der Waals surface area contributed by atoms with Crippen molar-refractivity contribution in [3.8, 4) is 11.3 Å². The minimum absolute atomic E-state index is 0.180. The number of pyridine rings is 3. The largest absolute Gasteiger partial charge is 0.346 e. The summed E-state index contributed by atoms with van der Waals surface area (Å²) in [5.41, 5.74) is 4.33. The van der Waals surface area contributed by atoms with Crippen LogP contribution in [0.1, 0.15) is 16.1 Å². The van der Waals surface area contributed by atoms with E-state index in [2.05, 4.69) is 25.5 Å². The van der Waals surface area contributed by atoms with Crippen molar-refractivity contribution in [3.63, 3.8) is 0 Å². The van der Waals surface area contributed by atoms with E-state index in [9.17, 15) is 4.79 Å². The van der Waals surface area contributed by atoms with Gasteiger partial charge in [0, 0.05) is 34.9 Å². The Morgan fingerprint density at radius 1 is 1.00 bits per heavy atom. The number of H-pyrrole nitrogens is 1. The van der Waals surface area contributed by atoms with Gasteiger partial charge in [0.25, 0.3) is 5.91 Å². The van der Waals surface area contributed by atoms with Crippen LogP contribution in [-0.2, 0) is 6.54 Å². The van der Waals surface area contributed by atoms with Gasteiger partial charge in [0.1, 0.15) is 0 Å². The number of carbonyl (C=O) groups excluding carboxylic acids is 1. The van der Waals surface area contributed by atoms with Gasteiger partial charge in [-0.2, -0.15) is 5.10 Å². The van der Waals surface area contributed by atoms with E-state index < -0.39 is 0 Å². The lowest BCUT2D eigenvalue weighted by atomic mass is 10.0. The first-order valence-corrected chi connectivity index (χ1v) is 9.16. The molecule has 1 amide bonds. The molecule has 29 heavy (non-hydrogen) atoms. The summed E-state index contributed by atoms with van der Waals surface area (Å²) in [6, 6.07) is 17.0. The predicted molar refractivity (Wildman–Crippen MR) is 110 cm³/mol. The van der Waals surface area contributed by atoms with Crippen LogP contribution in [0, 0.1) is 0 Å². The standard InChI is InChI=1S/C22H16N6O/c29-22(25-13-20-16-7-4-10-24-21(16)28-27-20)17-11-19(14-5-3-9-23-12-14)26-18-8-2-1-6-15(17)18/h1-12H,13H2,(H,25,29)(H,24,27,28). The molecule has 0 fully saturated rings. The molecule has 0 atom stereocenters. The van der Waals surface area contributed by atoms with Crippen molar-refractivity contribution in [3.05, 3.63) is 84.4 Å². The van der Waals surface area contributed by atoms with Crippen LogP contribution in [-0.4, -0.2) is 31.1 Å².